The second kappa shape index (κ2) is 9.20. The molecule has 0 aromatic heterocycles. The monoisotopic (exact) mass is 377 g/mol. The highest BCUT2D eigenvalue weighted by molar-refractivity contribution is 6.00. The van der Waals surface area contributed by atoms with Crippen molar-refractivity contribution in [3.8, 4) is 0 Å². The Kier molecular flexibility index (Phi) is 6.93. The van der Waals surface area contributed by atoms with Gasteiger partial charge >= 0.3 is 0 Å². The van der Waals surface area contributed by atoms with Crippen molar-refractivity contribution in [3.63, 3.8) is 0 Å². The molecule has 27 heavy (non-hydrogen) atoms. The normalized spacial score (nSPS) is 30.5. The van der Waals surface area contributed by atoms with Crippen molar-refractivity contribution >= 4 is 11.8 Å². The van der Waals surface area contributed by atoms with Crippen molar-refractivity contribution < 1.29 is 14.7 Å². The highest BCUT2D eigenvalue weighted by Gasteiger charge is 2.39. The summed E-state index contributed by atoms with van der Waals surface area (Å²) >= 11 is 0. The molecule has 0 aromatic carbocycles. The Labute approximate surface area is 162 Å². The smallest absolute Gasteiger partial charge is 0.247 e. The first-order valence-corrected chi connectivity index (χ1v) is 10.6. The second-order valence-corrected chi connectivity index (χ2v) is 8.62. The van der Waals surface area contributed by atoms with Crippen molar-refractivity contribution in [1.82, 2.24) is 16.0 Å². The van der Waals surface area contributed by atoms with Crippen LogP contribution in [0, 0.1) is 17.8 Å². The zero-order valence-corrected chi connectivity index (χ0v) is 16.7. The fraction of sp³-hybridized carbons (Fsp3) is 0.810. The molecule has 2 fully saturated rings. The van der Waals surface area contributed by atoms with E-state index >= 15 is 0 Å². The lowest BCUT2D eigenvalue weighted by molar-refractivity contribution is -0.124. The molecule has 2 amide bonds. The topological polar surface area (TPSA) is 90.5 Å². The largest absolute Gasteiger partial charge is 0.396 e. The van der Waals surface area contributed by atoms with Gasteiger partial charge in [0.1, 0.15) is 0 Å². The molecule has 0 radical (unpaired) electrons. The number of nitrogens with one attached hydrogen (secondary N) is 3. The summed E-state index contributed by atoms with van der Waals surface area (Å²) in [5.74, 6) is 0.661. The van der Waals surface area contributed by atoms with Gasteiger partial charge in [0.2, 0.25) is 11.8 Å². The van der Waals surface area contributed by atoms with Gasteiger partial charge < -0.3 is 21.1 Å². The number of hydrogen-bond acceptors (Lipinski definition) is 4. The third-order valence-electron chi connectivity index (χ3n) is 6.91. The number of amides is 2. The van der Waals surface area contributed by atoms with Gasteiger partial charge in [-0.25, -0.2) is 0 Å². The third kappa shape index (κ3) is 4.72. The van der Waals surface area contributed by atoms with Crippen LogP contribution in [0.1, 0.15) is 58.8 Å². The first-order chi connectivity index (χ1) is 13.0. The number of aliphatic hydroxyl groups is 1. The zero-order valence-electron chi connectivity index (χ0n) is 16.7. The van der Waals surface area contributed by atoms with Crippen molar-refractivity contribution in [3.05, 3.63) is 11.1 Å². The lowest BCUT2D eigenvalue weighted by Gasteiger charge is -2.42. The van der Waals surface area contributed by atoms with Gasteiger partial charge in [-0.3, -0.25) is 9.59 Å². The van der Waals surface area contributed by atoms with Gasteiger partial charge in [0.05, 0.1) is 6.42 Å². The predicted octanol–water partition coefficient (Wildman–Crippen LogP) is 1.49. The minimum absolute atomic E-state index is 0.0935. The number of carbonyl (C=O) groups excluding carboxylic acids is 2. The standard InChI is InChI=1S/C21H35N3O3/c1-13-17(21(27)24-18-8-9-22-14(2)20(13)18)10-19(26)23-11-16(12-25)15-6-4-3-5-7-15/h14-16,18,20,22,25H,3-12H2,1-2H3,(H,23,26)(H,24,27)/t14?,16-,18?,20?/m1/s1. The molecular formula is C21H35N3O3. The molecule has 4 N–H and O–H groups in total. The second-order valence-electron chi connectivity index (χ2n) is 8.62. The molecule has 3 aliphatic rings. The highest BCUT2D eigenvalue weighted by atomic mass is 16.3. The van der Waals surface area contributed by atoms with Crippen LogP contribution in [0.15, 0.2) is 11.1 Å². The van der Waals surface area contributed by atoms with Crippen LogP contribution in [-0.4, -0.2) is 48.7 Å². The summed E-state index contributed by atoms with van der Waals surface area (Å²) in [6, 6.07) is 0.470. The molecule has 0 bridgehead atoms. The third-order valence-corrected chi connectivity index (χ3v) is 6.91. The van der Waals surface area contributed by atoms with Gasteiger partial charge in [0.25, 0.3) is 0 Å². The summed E-state index contributed by atoms with van der Waals surface area (Å²) in [7, 11) is 0. The molecule has 4 atom stereocenters. The number of piperidine rings is 1. The average molecular weight is 378 g/mol. The van der Waals surface area contributed by atoms with Crippen LogP contribution in [0.4, 0.5) is 0 Å². The predicted molar refractivity (Wildman–Crippen MR) is 105 cm³/mol. The molecule has 2 aliphatic heterocycles. The van der Waals surface area contributed by atoms with Crippen molar-refractivity contribution in [2.45, 2.75) is 70.9 Å². The number of rotatable bonds is 6. The lowest BCUT2D eigenvalue weighted by atomic mass is 9.76. The van der Waals surface area contributed by atoms with Gasteiger partial charge in [0.15, 0.2) is 0 Å². The molecule has 0 spiro atoms. The molecule has 152 valence electrons. The van der Waals surface area contributed by atoms with Gasteiger partial charge in [-0.1, -0.05) is 37.7 Å². The maximum Gasteiger partial charge on any atom is 0.247 e. The Morgan fingerprint density at radius 2 is 2.00 bits per heavy atom. The summed E-state index contributed by atoms with van der Waals surface area (Å²) in [4.78, 5) is 25.1. The average Bonchev–Trinajstić information content (AvgIpc) is 2.66. The van der Waals surface area contributed by atoms with Crippen molar-refractivity contribution in [2.24, 2.45) is 17.8 Å². The Bertz CT molecular complexity index is 583. The molecule has 2 heterocycles. The van der Waals surface area contributed by atoms with E-state index in [4.69, 9.17) is 0 Å². The first-order valence-electron chi connectivity index (χ1n) is 10.6. The molecule has 1 aliphatic carbocycles. The van der Waals surface area contributed by atoms with Crippen LogP contribution in [0.5, 0.6) is 0 Å². The Balaban J connectivity index is 1.59. The maximum atomic E-state index is 12.5. The highest BCUT2D eigenvalue weighted by Crippen LogP contribution is 2.32. The molecule has 1 saturated carbocycles. The van der Waals surface area contributed by atoms with Crippen molar-refractivity contribution in [1.29, 1.82) is 0 Å². The molecule has 0 aromatic rings. The molecule has 3 unspecified atom stereocenters. The van der Waals surface area contributed by atoms with Crippen LogP contribution >= 0.6 is 0 Å². The van der Waals surface area contributed by atoms with Crippen LogP contribution in [0.3, 0.4) is 0 Å². The van der Waals surface area contributed by atoms with E-state index in [1.165, 1.54) is 19.3 Å². The van der Waals surface area contributed by atoms with Crippen molar-refractivity contribution in [2.75, 3.05) is 19.7 Å². The quantitative estimate of drug-likeness (QED) is 0.565. The van der Waals surface area contributed by atoms with Gasteiger partial charge in [0, 0.05) is 42.6 Å². The van der Waals surface area contributed by atoms with Crippen LogP contribution < -0.4 is 16.0 Å². The van der Waals surface area contributed by atoms with E-state index in [0.717, 1.165) is 31.4 Å². The minimum Gasteiger partial charge on any atom is -0.396 e. The summed E-state index contributed by atoms with van der Waals surface area (Å²) < 4.78 is 0. The van der Waals surface area contributed by atoms with Gasteiger partial charge in [-0.15, -0.1) is 0 Å². The Morgan fingerprint density at radius 1 is 1.26 bits per heavy atom. The number of aliphatic hydroxyl groups excluding tert-OH is 1. The zero-order chi connectivity index (χ0) is 19.4. The fourth-order valence-corrected chi connectivity index (χ4v) is 5.27. The van der Waals surface area contributed by atoms with E-state index in [2.05, 4.69) is 22.9 Å². The van der Waals surface area contributed by atoms with E-state index in [-0.39, 0.29) is 42.7 Å². The fourth-order valence-electron chi connectivity index (χ4n) is 5.27. The van der Waals surface area contributed by atoms with E-state index in [1.54, 1.807) is 0 Å². The van der Waals surface area contributed by atoms with Gasteiger partial charge in [-0.05, 0) is 32.7 Å². The molecule has 1 saturated heterocycles. The van der Waals surface area contributed by atoms with Crippen LogP contribution in [-0.2, 0) is 9.59 Å². The molecule has 6 heteroatoms. The summed E-state index contributed by atoms with van der Waals surface area (Å²) in [5.41, 5.74) is 1.66. The van der Waals surface area contributed by atoms with E-state index in [1.807, 2.05) is 6.92 Å². The summed E-state index contributed by atoms with van der Waals surface area (Å²) in [6.45, 7) is 5.67. The van der Waals surface area contributed by atoms with Crippen LogP contribution in [0.2, 0.25) is 0 Å². The van der Waals surface area contributed by atoms with E-state index < -0.39 is 0 Å². The molecule has 3 rings (SSSR count). The summed E-state index contributed by atoms with van der Waals surface area (Å²) in [5, 5.41) is 19.3. The minimum atomic E-state index is -0.122. The first kappa shape index (κ1) is 20.3. The number of carbonyl (C=O) groups is 2. The maximum absolute atomic E-state index is 12.5. The molecule has 6 nitrogen and oxygen atoms in total. The van der Waals surface area contributed by atoms with Gasteiger partial charge in [-0.2, -0.15) is 0 Å². The summed E-state index contributed by atoms with van der Waals surface area (Å²) in [6.07, 6.45) is 7.04. The molecular weight excluding hydrogens is 342 g/mol. The van der Waals surface area contributed by atoms with Crippen LogP contribution in [0.25, 0.3) is 0 Å². The lowest BCUT2D eigenvalue weighted by Crippen LogP contribution is -2.57. The van der Waals surface area contributed by atoms with E-state index in [0.29, 0.717) is 24.1 Å². The SMILES string of the molecule is CC1=C(CC(=O)NC[C@H](CO)C2CCCCC2)C(=O)NC2CCNC(C)C12. The number of hydrogen-bond donors (Lipinski definition) is 4. The Hall–Kier alpha value is -1.40. The number of fused-ring (bicyclic) bond motifs is 1. The Morgan fingerprint density at radius 3 is 2.70 bits per heavy atom. The van der Waals surface area contributed by atoms with E-state index in [9.17, 15) is 14.7 Å².